The minimum atomic E-state index is -0.600. The molecule has 1 atom stereocenters. The predicted octanol–water partition coefficient (Wildman–Crippen LogP) is 5.23. The highest BCUT2D eigenvalue weighted by molar-refractivity contribution is 6.30. The zero-order valence-corrected chi connectivity index (χ0v) is 19.3. The van der Waals surface area contributed by atoms with Crippen LogP contribution in [-0.2, 0) is 22.6 Å². The molecule has 3 aromatic rings. The van der Waals surface area contributed by atoms with E-state index in [0.29, 0.717) is 35.3 Å². The fraction of sp³-hybridized carbons (Fsp3) is 0.231. The second-order valence-electron chi connectivity index (χ2n) is 7.80. The van der Waals surface area contributed by atoms with Gasteiger partial charge in [0.15, 0.2) is 6.10 Å². The van der Waals surface area contributed by atoms with Gasteiger partial charge in [-0.05, 0) is 67.4 Å². The standard InChI is InChI=1S/C26H25ClN2O4/c1-3-32-22-10-7-18(8-11-22)14-25(30)28-21-9-12-24-23(15-21)29(26(31)17(2)33-24)16-19-5-4-6-20(27)13-19/h4-13,15,17H,3,14,16H2,1-2H3,(H,28,30). The summed E-state index contributed by atoms with van der Waals surface area (Å²) in [4.78, 5) is 27.2. The van der Waals surface area contributed by atoms with Crippen LogP contribution in [0.5, 0.6) is 11.5 Å². The molecule has 33 heavy (non-hydrogen) atoms. The van der Waals surface area contributed by atoms with Gasteiger partial charge in [0.2, 0.25) is 5.91 Å². The molecular formula is C26H25ClN2O4. The first-order chi connectivity index (χ1) is 15.9. The van der Waals surface area contributed by atoms with Gasteiger partial charge >= 0.3 is 0 Å². The van der Waals surface area contributed by atoms with Gasteiger partial charge in [0, 0.05) is 10.7 Å². The van der Waals surface area contributed by atoms with E-state index < -0.39 is 6.10 Å². The van der Waals surface area contributed by atoms with Crippen molar-refractivity contribution in [1.82, 2.24) is 0 Å². The van der Waals surface area contributed by atoms with E-state index in [0.717, 1.165) is 16.9 Å². The summed E-state index contributed by atoms with van der Waals surface area (Å²) in [6.07, 6.45) is -0.376. The quantitative estimate of drug-likeness (QED) is 0.519. The summed E-state index contributed by atoms with van der Waals surface area (Å²) in [5.74, 6) is 1.06. The minimum absolute atomic E-state index is 0.152. The molecule has 0 saturated carbocycles. The molecule has 0 bridgehead atoms. The number of nitrogens with one attached hydrogen (secondary N) is 1. The molecule has 0 radical (unpaired) electrons. The molecule has 3 aromatic carbocycles. The lowest BCUT2D eigenvalue weighted by molar-refractivity contribution is -0.125. The number of hydrogen-bond donors (Lipinski definition) is 1. The molecule has 1 unspecified atom stereocenters. The van der Waals surface area contributed by atoms with Crippen molar-refractivity contribution in [3.63, 3.8) is 0 Å². The molecule has 1 N–H and O–H groups in total. The first-order valence-corrected chi connectivity index (χ1v) is 11.2. The Morgan fingerprint density at radius 1 is 1.09 bits per heavy atom. The first-order valence-electron chi connectivity index (χ1n) is 10.8. The third-order valence-electron chi connectivity index (χ3n) is 5.28. The van der Waals surface area contributed by atoms with Crippen molar-refractivity contribution in [2.45, 2.75) is 32.9 Å². The lowest BCUT2D eigenvalue weighted by atomic mass is 10.1. The fourth-order valence-electron chi connectivity index (χ4n) is 3.73. The summed E-state index contributed by atoms with van der Waals surface area (Å²) in [6, 6.07) is 20.1. The first kappa shape index (κ1) is 22.7. The highest BCUT2D eigenvalue weighted by Gasteiger charge is 2.32. The maximum Gasteiger partial charge on any atom is 0.268 e. The van der Waals surface area contributed by atoms with Gasteiger partial charge in [0.25, 0.3) is 5.91 Å². The van der Waals surface area contributed by atoms with Gasteiger partial charge in [-0.25, -0.2) is 0 Å². The van der Waals surface area contributed by atoms with E-state index in [9.17, 15) is 9.59 Å². The summed E-state index contributed by atoms with van der Waals surface area (Å²) in [7, 11) is 0. The number of nitrogens with zero attached hydrogens (tertiary/aromatic N) is 1. The van der Waals surface area contributed by atoms with Gasteiger partial charge in [0.1, 0.15) is 11.5 Å². The number of carbonyl (C=O) groups excluding carboxylic acids is 2. The Balaban J connectivity index is 1.51. The van der Waals surface area contributed by atoms with Gasteiger partial charge < -0.3 is 19.7 Å². The molecule has 0 spiro atoms. The Morgan fingerprint density at radius 3 is 2.61 bits per heavy atom. The van der Waals surface area contributed by atoms with Crippen LogP contribution in [0.2, 0.25) is 5.02 Å². The van der Waals surface area contributed by atoms with Crippen molar-refractivity contribution < 1.29 is 19.1 Å². The molecule has 0 aliphatic carbocycles. The van der Waals surface area contributed by atoms with E-state index in [-0.39, 0.29) is 18.2 Å². The van der Waals surface area contributed by atoms with E-state index in [4.69, 9.17) is 21.1 Å². The molecule has 170 valence electrons. The number of fused-ring (bicyclic) bond motifs is 1. The van der Waals surface area contributed by atoms with Gasteiger partial charge in [-0.1, -0.05) is 35.9 Å². The number of hydrogen-bond acceptors (Lipinski definition) is 4. The normalized spacial score (nSPS) is 14.9. The molecule has 7 heteroatoms. The molecule has 6 nitrogen and oxygen atoms in total. The van der Waals surface area contributed by atoms with Crippen molar-refractivity contribution in [2.24, 2.45) is 0 Å². The topological polar surface area (TPSA) is 67.9 Å². The number of benzene rings is 3. The van der Waals surface area contributed by atoms with E-state index in [2.05, 4.69) is 5.32 Å². The van der Waals surface area contributed by atoms with Crippen molar-refractivity contribution in [3.8, 4) is 11.5 Å². The van der Waals surface area contributed by atoms with Crippen LogP contribution in [0.4, 0.5) is 11.4 Å². The molecule has 1 aliphatic heterocycles. The van der Waals surface area contributed by atoms with Crippen LogP contribution in [0, 0.1) is 0 Å². The number of carbonyl (C=O) groups is 2. The Morgan fingerprint density at radius 2 is 1.88 bits per heavy atom. The molecule has 1 aliphatic rings. The maximum atomic E-state index is 12.9. The van der Waals surface area contributed by atoms with Gasteiger partial charge in [-0.2, -0.15) is 0 Å². The highest BCUT2D eigenvalue weighted by Crippen LogP contribution is 2.37. The molecule has 0 aromatic heterocycles. The summed E-state index contributed by atoms with van der Waals surface area (Å²) < 4.78 is 11.2. The van der Waals surface area contributed by atoms with Crippen LogP contribution < -0.4 is 19.7 Å². The molecular weight excluding hydrogens is 440 g/mol. The van der Waals surface area contributed by atoms with Crippen molar-refractivity contribution >= 4 is 34.8 Å². The van der Waals surface area contributed by atoms with Crippen LogP contribution >= 0.6 is 11.6 Å². The van der Waals surface area contributed by atoms with Crippen molar-refractivity contribution in [1.29, 1.82) is 0 Å². The smallest absolute Gasteiger partial charge is 0.268 e. The number of halogens is 1. The zero-order chi connectivity index (χ0) is 23.4. The zero-order valence-electron chi connectivity index (χ0n) is 18.5. The van der Waals surface area contributed by atoms with Crippen LogP contribution in [0.1, 0.15) is 25.0 Å². The van der Waals surface area contributed by atoms with Crippen molar-refractivity contribution in [3.05, 3.63) is 82.9 Å². The monoisotopic (exact) mass is 464 g/mol. The lowest BCUT2D eigenvalue weighted by Gasteiger charge is -2.33. The molecule has 2 amide bonds. The summed E-state index contributed by atoms with van der Waals surface area (Å²) >= 11 is 6.12. The van der Waals surface area contributed by atoms with Gasteiger partial charge in [0.05, 0.1) is 25.3 Å². The fourth-order valence-corrected chi connectivity index (χ4v) is 3.94. The van der Waals surface area contributed by atoms with Crippen LogP contribution in [0.3, 0.4) is 0 Å². The molecule has 0 saturated heterocycles. The molecule has 0 fully saturated rings. The van der Waals surface area contributed by atoms with Crippen LogP contribution in [-0.4, -0.2) is 24.5 Å². The summed E-state index contributed by atoms with van der Waals surface area (Å²) in [5.41, 5.74) is 2.98. The third-order valence-corrected chi connectivity index (χ3v) is 5.51. The van der Waals surface area contributed by atoms with Gasteiger partial charge in [-0.15, -0.1) is 0 Å². The number of amides is 2. The second kappa shape index (κ2) is 9.96. The molecule has 1 heterocycles. The van der Waals surface area contributed by atoms with E-state index >= 15 is 0 Å². The van der Waals surface area contributed by atoms with E-state index in [1.165, 1.54) is 0 Å². The summed E-state index contributed by atoms with van der Waals surface area (Å²) in [5, 5.41) is 3.52. The average Bonchev–Trinajstić information content (AvgIpc) is 2.79. The minimum Gasteiger partial charge on any atom is -0.494 e. The molecule has 4 rings (SSSR count). The SMILES string of the molecule is CCOc1ccc(CC(=O)Nc2ccc3c(c2)N(Cc2cccc(Cl)c2)C(=O)C(C)O3)cc1. The van der Waals surface area contributed by atoms with Crippen LogP contribution in [0.25, 0.3) is 0 Å². The number of ether oxygens (including phenoxy) is 2. The maximum absolute atomic E-state index is 12.9. The largest absolute Gasteiger partial charge is 0.494 e. The number of rotatable bonds is 7. The Kier molecular flexibility index (Phi) is 6.84. The Labute approximate surface area is 198 Å². The average molecular weight is 465 g/mol. The van der Waals surface area contributed by atoms with Gasteiger partial charge in [-0.3, -0.25) is 9.59 Å². The predicted molar refractivity (Wildman–Crippen MR) is 129 cm³/mol. The number of anilines is 2. The van der Waals surface area contributed by atoms with E-state index in [1.54, 1.807) is 36.1 Å². The van der Waals surface area contributed by atoms with E-state index in [1.807, 2.05) is 49.4 Å². The Bertz CT molecular complexity index is 1160. The van der Waals surface area contributed by atoms with Crippen LogP contribution in [0.15, 0.2) is 66.7 Å². The third kappa shape index (κ3) is 5.46. The second-order valence-corrected chi connectivity index (χ2v) is 8.24. The summed E-state index contributed by atoms with van der Waals surface area (Å²) in [6.45, 7) is 4.60. The lowest BCUT2D eigenvalue weighted by Crippen LogP contribution is -2.44. The Hall–Kier alpha value is -3.51. The van der Waals surface area contributed by atoms with Crippen molar-refractivity contribution in [2.75, 3.05) is 16.8 Å². The highest BCUT2D eigenvalue weighted by atomic mass is 35.5.